The quantitative estimate of drug-likeness (QED) is 0.608. The molecule has 2 aliphatic heterocycles. The number of piperidine rings is 1. The summed E-state index contributed by atoms with van der Waals surface area (Å²) >= 11 is 7.58. The molecule has 160 valence electrons. The lowest BCUT2D eigenvalue weighted by Crippen LogP contribution is -2.45. The number of aromatic nitrogens is 3. The van der Waals surface area contributed by atoms with Gasteiger partial charge < -0.3 is 21.1 Å². The Bertz CT molecular complexity index is 1120. The van der Waals surface area contributed by atoms with Crippen LogP contribution in [-0.2, 0) is 5.41 Å². The van der Waals surface area contributed by atoms with Gasteiger partial charge in [-0.15, -0.1) is 0 Å². The highest BCUT2D eigenvalue weighted by molar-refractivity contribution is 7.99. The van der Waals surface area contributed by atoms with Crippen LogP contribution in [0.1, 0.15) is 24.8 Å². The van der Waals surface area contributed by atoms with Crippen molar-refractivity contribution in [3.8, 4) is 5.75 Å². The maximum Gasteiger partial charge on any atom is 0.158 e. The third-order valence-corrected chi connectivity index (χ3v) is 7.76. The van der Waals surface area contributed by atoms with Crippen molar-refractivity contribution in [2.45, 2.75) is 34.6 Å². The summed E-state index contributed by atoms with van der Waals surface area (Å²) in [5.74, 6) is 2.50. The second-order valence-corrected chi connectivity index (χ2v) is 9.30. The van der Waals surface area contributed by atoms with Crippen LogP contribution in [0.25, 0.3) is 0 Å². The van der Waals surface area contributed by atoms with Crippen molar-refractivity contribution < 1.29 is 4.74 Å². The molecule has 7 nitrogen and oxygen atoms in total. The third kappa shape index (κ3) is 3.74. The van der Waals surface area contributed by atoms with Crippen LogP contribution in [0.4, 0.5) is 17.5 Å². The highest BCUT2D eigenvalue weighted by atomic mass is 35.5. The molecular formula is C22H23ClN6OS. The lowest BCUT2D eigenvalue weighted by molar-refractivity contribution is 0.187. The van der Waals surface area contributed by atoms with Gasteiger partial charge >= 0.3 is 0 Å². The van der Waals surface area contributed by atoms with E-state index in [4.69, 9.17) is 27.8 Å². The minimum absolute atomic E-state index is 0.179. The Morgan fingerprint density at radius 2 is 1.84 bits per heavy atom. The first-order valence-electron chi connectivity index (χ1n) is 10.2. The summed E-state index contributed by atoms with van der Waals surface area (Å²) in [4.78, 5) is 16.2. The zero-order valence-corrected chi connectivity index (χ0v) is 18.5. The van der Waals surface area contributed by atoms with Gasteiger partial charge in [0, 0.05) is 35.2 Å². The normalized spacial score (nSPS) is 17.3. The highest BCUT2D eigenvalue weighted by Crippen LogP contribution is 2.46. The predicted octanol–water partition coefficient (Wildman–Crippen LogP) is 4.16. The van der Waals surface area contributed by atoms with Crippen LogP contribution in [0.2, 0.25) is 5.02 Å². The molecule has 0 atom stereocenters. The average molecular weight is 455 g/mol. The Hall–Kier alpha value is -2.71. The van der Waals surface area contributed by atoms with Gasteiger partial charge in [-0.25, -0.2) is 15.0 Å². The van der Waals surface area contributed by atoms with E-state index in [1.807, 2.05) is 6.07 Å². The van der Waals surface area contributed by atoms with Gasteiger partial charge in [-0.2, -0.15) is 0 Å². The first kappa shape index (κ1) is 20.2. The molecule has 31 heavy (non-hydrogen) atoms. The topological polar surface area (TPSA) is 103 Å². The molecule has 0 amide bonds. The van der Waals surface area contributed by atoms with Crippen LogP contribution in [0.5, 0.6) is 5.75 Å². The molecule has 1 aromatic carbocycles. The zero-order valence-electron chi connectivity index (χ0n) is 16.9. The third-order valence-electron chi connectivity index (χ3n) is 6.18. The van der Waals surface area contributed by atoms with Gasteiger partial charge in [0.1, 0.15) is 22.4 Å². The second kappa shape index (κ2) is 8.09. The van der Waals surface area contributed by atoms with E-state index in [-0.39, 0.29) is 11.2 Å². The summed E-state index contributed by atoms with van der Waals surface area (Å²) in [7, 11) is 0. The predicted molar refractivity (Wildman–Crippen MR) is 124 cm³/mol. The molecular weight excluding hydrogens is 432 g/mol. The van der Waals surface area contributed by atoms with Crippen molar-refractivity contribution in [3.05, 3.63) is 53.3 Å². The molecule has 0 unspecified atom stereocenters. The zero-order chi connectivity index (χ0) is 21.4. The lowest BCUT2D eigenvalue weighted by Gasteiger charge is -2.45. The molecule has 1 saturated heterocycles. The van der Waals surface area contributed by atoms with Crippen LogP contribution in [0, 0.1) is 0 Å². The number of pyridine rings is 1. The molecule has 0 aliphatic carbocycles. The summed E-state index contributed by atoms with van der Waals surface area (Å²) in [5, 5.41) is 0.999. The smallest absolute Gasteiger partial charge is 0.158 e. The van der Waals surface area contributed by atoms with Gasteiger partial charge in [-0.1, -0.05) is 41.6 Å². The van der Waals surface area contributed by atoms with E-state index in [1.54, 1.807) is 18.5 Å². The van der Waals surface area contributed by atoms with E-state index < -0.39 is 0 Å². The molecule has 1 spiro atoms. The number of ether oxygens (including phenoxy) is 1. The Kier molecular flexibility index (Phi) is 5.27. The van der Waals surface area contributed by atoms with Crippen LogP contribution in [0.15, 0.2) is 52.6 Å². The molecule has 1 fully saturated rings. The summed E-state index contributed by atoms with van der Waals surface area (Å²) < 4.78 is 5.88. The van der Waals surface area contributed by atoms with Crippen molar-refractivity contribution in [2.24, 2.45) is 0 Å². The monoisotopic (exact) mass is 454 g/mol. The van der Waals surface area contributed by atoms with Gasteiger partial charge in [-0.3, -0.25) is 0 Å². The number of benzene rings is 1. The SMILES string of the molecule is Nc1nc(N2CCC3(CCOc4ccccc43)CC2)cnc1Sc1ccnc(N)c1Cl. The number of rotatable bonds is 3. The fourth-order valence-corrected chi connectivity index (χ4v) is 5.46. The van der Waals surface area contributed by atoms with Crippen LogP contribution in [0.3, 0.4) is 0 Å². The number of hydrogen-bond acceptors (Lipinski definition) is 8. The minimum Gasteiger partial charge on any atom is -0.493 e. The Morgan fingerprint density at radius 3 is 2.65 bits per heavy atom. The first-order valence-corrected chi connectivity index (χ1v) is 11.4. The molecule has 9 heteroatoms. The largest absolute Gasteiger partial charge is 0.493 e. The fourth-order valence-electron chi connectivity index (χ4n) is 4.44. The van der Waals surface area contributed by atoms with Crippen molar-refractivity contribution in [1.82, 2.24) is 15.0 Å². The molecule has 0 radical (unpaired) electrons. The number of hydrogen-bond donors (Lipinski definition) is 2. The van der Waals surface area contributed by atoms with E-state index in [1.165, 1.54) is 17.3 Å². The van der Waals surface area contributed by atoms with E-state index in [0.29, 0.717) is 15.9 Å². The van der Waals surface area contributed by atoms with Crippen molar-refractivity contribution in [2.75, 3.05) is 36.1 Å². The maximum absolute atomic E-state index is 6.24. The molecule has 4 N–H and O–H groups in total. The number of nitrogens with zero attached hydrogens (tertiary/aromatic N) is 4. The maximum atomic E-state index is 6.24. The molecule has 3 aromatic rings. The number of para-hydroxylation sites is 1. The molecule has 2 aliphatic rings. The van der Waals surface area contributed by atoms with Gasteiger partial charge in [0.25, 0.3) is 0 Å². The van der Waals surface area contributed by atoms with E-state index >= 15 is 0 Å². The summed E-state index contributed by atoms with van der Waals surface area (Å²) in [5.41, 5.74) is 13.5. The standard InChI is InChI=1S/C22H23ClN6OS/c23-18-16(5-9-26-19(18)24)31-21-20(25)28-17(13-27-21)29-10-6-22(7-11-29)8-12-30-15-4-2-1-3-14(15)22/h1-5,9,13H,6-8,10-12H2,(H2,24,26)(H2,25,28). The number of nitrogen functional groups attached to an aromatic ring is 2. The lowest BCUT2D eigenvalue weighted by atomic mass is 9.69. The van der Waals surface area contributed by atoms with Crippen molar-refractivity contribution in [3.63, 3.8) is 0 Å². The average Bonchev–Trinajstić information content (AvgIpc) is 2.79. The molecule has 2 aromatic heterocycles. The summed E-state index contributed by atoms with van der Waals surface area (Å²) in [6.45, 7) is 2.58. The molecule has 4 heterocycles. The van der Waals surface area contributed by atoms with Gasteiger partial charge in [-0.05, 0) is 31.4 Å². The number of halogens is 1. The van der Waals surface area contributed by atoms with Crippen LogP contribution >= 0.6 is 23.4 Å². The van der Waals surface area contributed by atoms with E-state index in [0.717, 1.165) is 55.4 Å². The molecule has 0 saturated carbocycles. The van der Waals surface area contributed by atoms with E-state index in [9.17, 15) is 0 Å². The first-order chi connectivity index (χ1) is 15.1. The van der Waals surface area contributed by atoms with Crippen LogP contribution < -0.4 is 21.1 Å². The Morgan fingerprint density at radius 1 is 1.03 bits per heavy atom. The van der Waals surface area contributed by atoms with Crippen molar-refractivity contribution >= 4 is 40.8 Å². The number of fused-ring (bicyclic) bond motifs is 2. The van der Waals surface area contributed by atoms with Gasteiger partial charge in [0.15, 0.2) is 5.82 Å². The van der Waals surface area contributed by atoms with Gasteiger partial charge in [0.05, 0.1) is 17.8 Å². The summed E-state index contributed by atoms with van der Waals surface area (Å²) in [6.07, 6.45) is 6.55. The number of anilines is 3. The van der Waals surface area contributed by atoms with Crippen LogP contribution in [-0.4, -0.2) is 34.6 Å². The minimum atomic E-state index is 0.179. The molecule has 0 bridgehead atoms. The highest BCUT2D eigenvalue weighted by Gasteiger charge is 2.40. The fraction of sp³-hybridized carbons (Fsp3) is 0.318. The second-order valence-electron chi connectivity index (χ2n) is 7.89. The van der Waals surface area contributed by atoms with Crippen molar-refractivity contribution in [1.29, 1.82) is 0 Å². The number of nitrogens with two attached hydrogens (primary N) is 2. The Labute approximate surface area is 190 Å². The summed E-state index contributed by atoms with van der Waals surface area (Å²) in [6, 6.07) is 10.2. The van der Waals surface area contributed by atoms with Gasteiger partial charge in [0.2, 0.25) is 0 Å². The van der Waals surface area contributed by atoms with E-state index in [2.05, 4.69) is 38.1 Å². The molecule has 5 rings (SSSR count). The Balaban J connectivity index is 1.32.